The highest BCUT2D eigenvalue weighted by atomic mass is 32.1. The van der Waals surface area contributed by atoms with Crippen LogP contribution in [0.3, 0.4) is 0 Å². The number of amides is 1. The molecule has 0 unspecified atom stereocenters. The number of carbonyl (C=O) groups is 1. The molecule has 1 amide bonds. The van der Waals surface area contributed by atoms with Gasteiger partial charge in [-0.1, -0.05) is 29.0 Å². The molecule has 0 saturated carbocycles. The van der Waals surface area contributed by atoms with E-state index in [0.717, 1.165) is 10.3 Å². The molecule has 118 valence electrons. The van der Waals surface area contributed by atoms with Crippen molar-refractivity contribution in [3.63, 3.8) is 0 Å². The van der Waals surface area contributed by atoms with Crippen molar-refractivity contribution in [1.82, 2.24) is 4.98 Å². The molecular weight excluding hydrogens is 312 g/mol. The standard InChI is InChI=1S/C17H16N2O3S/c1-10-5-4-6-11(7-10)16(20)19-17-18-15-13(22-3)8-12(21-2)9-14(15)23-17/h4-9H,1-3H3,(H,18,19,20). The second-order valence-corrected chi connectivity index (χ2v) is 6.05. The summed E-state index contributed by atoms with van der Waals surface area (Å²) in [6, 6.07) is 11.1. The summed E-state index contributed by atoms with van der Waals surface area (Å²) >= 11 is 1.38. The minimum absolute atomic E-state index is 0.182. The molecule has 0 spiro atoms. The van der Waals surface area contributed by atoms with E-state index in [2.05, 4.69) is 10.3 Å². The number of thiazole rings is 1. The van der Waals surface area contributed by atoms with Crippen LogP contribution in [0.25, 0.3) is 10.2 Å². The molecule has 6 heteroatoms. The number of aryl methyl sites for hydroxylation is 1. The first-order valence-electron chi connectivity index (χ1n) is 7.01. The monoisotopic (exact) mass is 328 g/mol. The normalized spacial score (nSPS) is 10.6. The molecular formula is C17H16N2O3S. The molecule has 3 aromatic rings. The van der Waals surface area contributed by atoms with Crippen molar-refractivity contribution in [3.8, 4) is 11.5 Å². The van der Waals surface area contributed by atoms with Gasteiger partial charge >= 0.3 is 0 Å². The van der Waals surface area contributed by atoms with Crippen LogP contribution in [-0.2, 0) is 0 Å². The largest absolute Gasteiger partial charge is 0.497 e. The first kappa shape index (κ1) is 15.3. The van der Waals surface area contributed by atoms with Crippen molar-refractivity contribution >= 4 is 32.6 Å². The highest BCUT2D eigenvalue weighted by Crippen LogP contribution is 2.36. The van der Waals surface area contributed by atoms with Gasteiger partial charge in [0, 0.05) is 11.6 Å². The number of nitrogens with one attached hydrogen (secondary N) is 1. The second kappa shape index (κ2) is 6.26. The molecule has 0 bridgehead atoms. The number of ether oxygens (including phenoxy) is 2. The average molecular weight is 328 g/mol. The number of methoxy groups -OCH3 is 2. The lowest BCUT2D eigenvalue weighted by atomic mass is 10.1. The van der Waals surface area contributed by atoms with Gasteiger partial charge < -0.3 is 9.47 Å². The Hall–Kier alpha value is -2.60. The molecule has 0 fully saturated rings. The zero-order valence-electron chi connectivity index (χ0n) is 13.0. The molecule has 23 heavy (non-hydrogen) atoms. The minimum atomic E-state index is -0.182. The van der Waals surface area contributed by atoms with E-state index in [4.69, 9.17) is 9.47 Å². The number of fused-ring (bicyclic) bond motifs is 1. The topological polar surface area (TPSA) is 60.5 Å². The van der Waals surface area contributed by atoms with Gasteiger partial charge in [-0.3, -0.25) is 10.1 Å². The van der Waals surface area contributed by atoms with Crippen LogP contribution in [-0.4, -0.2) is 25.1 Å². The number of anilines is 1. The van der Waals surface area contributed by atoms with Crippen LogP contribution in [0.5, 0.6) is 11.5 Å². The Kier molecular flexibility index (Phi) is 4.16. The zero-order valence-corrected chi connectivity index (χ0v) is 13.9. The van der Waals surface area contributed by atoms with Gasteiger partial charge in [0.25, 0.3) is 5.91 Å². The van der Waals surface area contributed by atoms with E-state index in [-0.39, 0.29) is 5.91 Å². The average Bonchev–Trinajstić information content (AvgIpc) is 2.95. The number of hydrogen-bond acceptors (Lipinski definition) is 5. The molecule has 5 nitrogen and oxygen atoms in total. The molecule has 1 heterocycles. The molecule has 2 aromatic carbocycles. The molecule has 0 radical (unpaired) electrons. The van der Waals surface area contributed by atoms with Gasteiger partial charge in [0.2, 0.25) is 0 Å². The highest BCUT2D eigenvalue weighted by Gasteiger charge is 2.14. The molecule has 1 N–H and O–H groups in total. The molecule has 3 rings (SSSR count). The number of aromatic nitrogens is 1. The fourth-order valence-corrected chi connectivity index (χ4v) is 3.16. The van der Waals surface area contributed by atoms with Crippen LogP contribution in [0.1, 0.15) is 15.9 Å². The van der Waals surface area contributed by atoms with Crippen molar-refractivity contribution in [3.05, 3.63) is 47.5 Å². The maximum Gasteiger partial charge on any atom is 0.257 e. The third-order valence-corrected chi connectivity index (χ3v) is 4.31. The van der Waals surface area contributed by atoms with Gasteiger partial charge in [-0.15, -0.1) is 0 Å². The Morgan fingerprint density at radius 2 is 2.00 bits per heavy atom. The summed E-state index contributed by atoms with van der Waals surface area (Å²) in [4.78, 5) is 16.8. The Balaban J connectivity index is 1.93. The number of carbonyl (C=O) groups excluding carboxylic acids is 1. The van der Waals surface area contributed by atoms with Gasteiger partial charge in [0.05, 0.1) is 18.9 Å². The van der Waals surface area contributed by atoms with Crippen LogP contribution in [0, 0.1) is 6.92 Å². The lowest BCUT2D eigenvalue weighted by Gasteiger charge is -2.04. The first-order chi connectivity index (χ1) is 11.1. The number of hydrogen-bond donors (Lipinski definition) is 1. The van der Waals surface area contributed by atoms with E-state index < -0.39 is 0 Å². The maximum absolute atomic E-state index is 12.3. The summed E-state index contributed by atoms with van der Waals surface area (Å²) in [6.07, 6.45) is 0. The molecule has 1 aromatic heterocycles. The third-order valence-electron chi connectivity index (χ3n) is 3.39. The summed E-state index contributed by atoms with van der Waals surface area (Å²) in [7, 11) is 3.18. The van der Waals surface area contributed by atoms with Crippen molar-refractivity contribution in [1.29, 1.82) is 0 Å². The van der Waals surface area contributed by atoms with Crippen LogP contribution in [0.15, 0.2) is 36.4 Å². The predicted octanol–water partition coefficient (Wildman–Crippen LogP) is 3.87. The van der Waals surface area contributed by atoms with Gasteiger partial charge in [-0.05, 0) is 25.1 Å². The smallest absolute Gasteiger partial charge is 0.257 e. The quantitative estimate of drug-likeness (QED) is 0.790. The van der Waals surface area contributed by atoms with Gasteiger partial charge in [0.1, 0.15) is 17.0 Å². The Bertz CT molecular complexity index is 873. The summed E-state index contributed by atoms with van der Waals surface area (Å²) < 4.78 is 11.5. The molecule has 0 aliphatic heterocycles. The van der Waals surface area contributed by atoms with Crippen molar-refractivity contribution in [2.75, 3.05) is 19.5 Å². The first-order valence-corrected chi connectivity index (χ1v) is 7.83. The number of benzene rings is 2. The van der Waals surface area contributed by atoms with E-state index in [1.165, 1.54) is 11.3 Å². The molecule has 0 atom stereocenters. The zero-order chi connectivity index (χ0) is 16.4. The predicted molar refractivity (Wildman–Crippen MR) is 91.9 cm³/mol. The lowest BCUT2D eigenvalue weighted by Crippen LogP contribution is -2.11. The van der Waals surface area contributed by atoms with Crippen LogP contribution in [0.4, 0.5) is 5.13 Å². The van der Waals surface area contributed by atoms with Crippen molar-refractivity contribution in [2.45, 2.75) is 6.92 Å². The van der Waals surface area contributed by atoms with Crippen LogP contribution >= 0.6 is 11.3 Å². The Morgan fingerprint density at radius 1 is 1.17 bits per heavy atom. The highest BCUT2D eigenvalue weighted by molar-refractivity contribution is 7.22. The minimum Gasteiger partial charge on any atom is -0.497 e. The summed E-state index contributed by atoms with van der Waals surface area (Å²) in [6.45, 7) is 1.95. The summed E-state index contributed by atoms with van der Waals surface area (Å²) in [5, 5.41) is 3.36. The van der Waals surface area contributed by atoms with E-state index in [1.807, 2.05) is 31.2 Å². The van der Waals surface area contributed by atoms with E-state index in [9.17, 15) is 4.79 Å². The van der Waals surface area contributed by atoms with Crippen LogP contribution < -0.4 is 14.8 Å². The Labute approximate surface area is 137 Å². The van der Waals surface area contributed by atoms with E-state index in [0.29, 0.717) is 27.7 Å². The second-order valence-electron chi connectivity index (χ2n) is 5.02. The van der Waals surface area contributed by atoms with Crippen LogP contribution in [0.2, 0.25) is 0 Å². The SMILES string of the molecule is COc1cc(OC)c2nc(NC(=O)c3cccc(C)c3)sc2c1. The lowest BCUT2D eigenvalue weighted by molar-refractivity contribution is 0.102. The molecule has 0 saturated heterocycles. The molecule has 0 aliphatic rings. The third kappa shape index (κ3) is 3.12. The van der Waals surface area contributed by atoms with Crippen molar-refractivity contribution < 1.29 is 14.3 Å². The number of nitrogens with zero attached hydrogens (tertiary/aromatic N) is 1. The van der Waals surface area contributed by atoms with Gasteiger partial charge in [0.15, 0.2) is 5.13 Å². The fraction of sp³-hybridized carbons (Fsp3) is 0.176. The van der Waals surface area contributed by atoms with Crippen molar-refractivity contribution in [2.24, 2.45) is 0 Å². The van der Waals surface area contributed by atoms with Gasteiger partial charge in [-0.2, -0.15) is 0 Å². The fourth-order valence-electron chi connectivity index (χ4n) is 2.26. The van der Waals surface area contributed by atoms with E-state index in [1.54, 1.807) is 26.4 Å². The van der Waals surface area contributed by atoms with E-state index >= 15 is 0 Å². The number of rotatable bonds is 4. The Morgan fingerprint density at radius 3 is 2.70 bits per heavy atom. The summed E-state index contributed by atoms with van der Waals surface area (Å²) in [5.41, 5.74) is 2.35. The van der Waals surface area contributed by atoms with Gasteiger partial charge in [-0.25, -0.2) is 4.98 Å². The molecule has 0 aliphatic carbocycles. The summed E-state index contributed by atoms with van der Waals surface area (Å²) in [5.74, 6) is 1.12. The maximum atomic E-state index is 12.3.